The first-order valence-corrected chi connectivity index (χ1v) is 2.85. The zero-order chi connectivity index (χ0) is 6.04. The average molecular weight is 109 g/mol. The highest BCUT2D eigenvalue weighted by molar-refractivity contribution is 5.19. The molecule has 0 saturated carbocycles. The molecule has 0 aromatic heterocycles. The molecule has 44 valence electrons. The Labute approximate surface area is 50.1 Å². The van der Waals surface area contributed by atoms with Crippen LogP contribution in [0, 0.1) is 0 Å². The normalized spacial score (nSPS) is 23.5. The van der Waals surface area contributed by atoms with Crippen molar-refractivity contribution < 1.29 is 0 Å². The molecule has 1 N–H and O–H groups in total. The third-order valence-corrected chi connectivity index (χ3v) is 1.72. The lowest BCUT2D eigenvalue weighted by molar-refractivity contribution is 0.340. The van der Waals surface area contributed by atoms with Crippen LogP contribution in [0.3, 0.4) is 0 Å². The van der Waals surface area contributed by atoms with Gasteiger partial charge in [0.25, 0.3) is 0 Å². The SMILES string of the molecule is C=CC1(C=C)CCN1. The lowest BCUT2D eigenvalue weighted by Crippen LogP contribution is -2.53. The molecule has 0 aliphatic carbocycles. The van der Waals surface area contributed by atoms with Crippen molar-refractivity contribution in [3.63, 3.8) is 0 Å². The summed E-state index contributed by atoms with van der Waals surface area (Å²) in [5.41, 5.74) is 0.0833. The third kappa shape index (κ3) is 0.594. The fourth-order valence-corrected chi connectivity index (χ4v) is 0.845. The Hall–Kier alpha value is -0.560. The molecule has 1 heterocycles. The molecule has 1 fully saturated rings. The van der Waals surface area contributed by atoms with E-state index in [-0.39, 0.29) is 5.54 Å². The van der Waals surface area contributed by atoms with Crippen molar-refractivity contribution in [2.75, 3.05) is 6.54 Å². The predicted octanol–water partition coefficient (Wildman–Crippen LogP) is 1.09. The second-order valence-electron chi connectivity index (χ2n) is 2.13. The van der Waals surface area contributed by atoms with Gasteiger partial charge >= 0.3 is 0 Å². The second-order valence-corrected chi connectivity index (χ2v) is 2.13. The van der Waals surface area contributed by atoms with Gasteiger partial charge in [0.15, 0.2) is 0 Å². The highest BCUT2D eigenvalue weighted by Gasteiger charge is 2.28. The summed E-state index contributed by atoms with van der Waals surface area (Å²) in [5, 5.41) is 3.22. The molecule has 8 heavy (non-hydrogen) atoms. The highest BCUT2D eigenvalue weighted by atomic mass is 15.0. The molecular formula is C7H11N. The Morgan fingerprint density at radius 2 is 1.88 bits per heavy atom. The quantitative estimate of drug-likeness (QED) is 0.523. The largest absolute Gasteiger partial charge is 0.305 e. The van der Waals surface area contributed by atoms with Crippen LogP contribution in [0.4, 0.5) is 0 Å². The van der Waals surface area contributed by atoms with Crippen molar-refractivity contribution in [1.29, 1.82) is 0 Å². The van der Waals surface area contributed by atoms with Crippen LogP contribution in [0.1, 0.15) is 6.42 Å². The van der Waals surface area contributed by atoms with Gasteiger partial charge in [-0.15, -0.1) is 13.2 Å². The van der Waals surface area contributed by atoms with E-state index in [1.54, 1.807) is 0 Å². The number of hydrogen-bond acceptors (Lipinski definition) is 1. The van der Waals surface area contributed by atoms with Crippen LogP contribution >= 0.6 is 0 Å². The van der Waals surface area contributed by atoms with Crippen LogP contribution in [0.2, 0.25) is 0 Å². The van der Waals surface area contributed by atoms with E-state index in [9.17, 15) is 0 Å². The van der Waals surface area contributed by atoms with Crippen molar-refractivity contribution in [1.82, 2.24) is 5.32 Å². The van der Waals surface area contributed by atoms with Gasteiger partial charge in [0.1, 0.15) is 0 Å². The van der Waals surface area contributed by atoms with E-state index >= 15 is 0 Å². The van der Waals surface area contributed by atoms with Gasteiger partial charge in [-0.25, -0.2) is 0 Å². The first-order chi connectivity index (χ1) is 3.83. The predicted molar refractivity (Wildman–Crippen MR) is 35.7 cm³/mol. The topological polar surface area (TPSA) is 12.0 Å². The van der Waals surface area contributed by atoms with Crippen molar-refractivity contribution in [2.45, 2.75) is 12.0 Å². The van der Waals surface area contributed by atoms with Gasteiger partial charge < -0.3 is 5.32 Å². The Bertz CT molecular complexity index is 102. The number of hydrogen-bond donors (Lipinski definition) is 1. The summed E-state index contributed by atoms with van der Waals surface area (Å²) in [6.45, 7) is 8.48. The van der Waals surface area contributed by atoms with Gasteiger partial charge in [0, 0.05) is 0 Å². The third-order valence-electron chi connectivity index (χ3n) is 1.72. The maximum atomic E-state index is 3.69. The number of rotatable bonds is 2. The molecule has 1 aliphatic heterocycles. The van der Waals surface area contributed by atoms with Gasteiger partial charge in [0.2, 0.25) is 0 Å². The van der Waals surface area contributed by atoms with E-state index in [2.05, 4.69) is 18.5 Å². The first kappa shape index (κ1) is 5.57. The van der Waals surface area contributed by atoms with Crippen molar-refractivity contribution in [3.8, 4) is 0 Å². The van der Waals surface area contributed by atoms with E-state index in [0.717, 1.165) is 13.0 Å². The van der Waals surface area contributed by atoms with E-state index in [1.165, 1.54) is 0 Å². The lowest BCUT2D eigenvalue weighted by atomic mass is 9.88. The van der Waals surface area contributed by atoms with Crippen LogP contribution in [0.25, 0.3) is 0 Å². The minimum absolute atomic E-state index is 0.0833. The first-order valence-electron chi connectivity index (χ1n) is 2.85. The standard InChI is InChI=1S/C7H11N/c1-3-7(4-2)5-6-8-7/h3-4,8H,1-2,5-6H2. The van der Waals surface area contributed by atoms with E-state index < -0.39 is 0 Å². The molecule has 0 aromatic rings. The highest BCUT2D eigenvalue weighted by Crippen LogP contribution is 2.19. The molecule has 0 bridgehead atoms. The van der Waals surface area contributed by atoms with Crippen molar-refractivity contribution in [3.05, 3.63) is 25.3 Å². The zero-order valence-electron chi connectivity index (χ0n) is 4.98. The van der Waals surface area contributed by atoms with Gasteiger partial charge in [-0.2, -0.15) is 0 Å². The summed E-state index contributed by atoms with van der Waals surface area (Å²) in [6, 6.07) is 0. The molecule has 1 aliphatic rings. The fourth-order valence-electron chi connectivity index (χ4n) is 0.845. The summed E-state index contributed by atoms with van der Waals surface area (Å²) in [4.78, 5) is 0. The Morgan fingerprint density at radius 3 is 1.88 bits per heavy atom. The summed E-state index contributed by atoms with van der Waals surface area (Å²) < 4.78 is 0. The van der Waals surface area contributed by atoms with Crippen LogP contribution < -0.4 is 5.32 Å². The minimum atomic E-state index is 0.0833. The van der Waals surface area contributed by atoms with Crippen LogP contribution in [-0.2, 0) is 0 Å². The zero-order valence-corrected chi connectivity index (χ0v) is 4.98. The molecule has 1 rings (SSSR count). The molecule has 1 heteroatoms. The fraction of sp³-hybridized carbons (Fsp3) is 0.429. The van der Waals surface area contributed by atoms with E-state index in [0.29, 0.717) is 0 Å². The molecule has 0 unspecified atom stereocenters. The average Bonchev–Trinajstić information content (AvgIpc) is 1.67. The summed E-state index contributed by atoms with van der Waals surface area (Å²) in [5.74, 6) is 0. The van der Waals surface area contributed by atoms with Crippen LogP contribution in [-0.4, -0.2) is 12.1 Å². The Morgan fingerprint density at radius 1 is 1.38 bits per heavy atom. The molecular weight excluding hydrogens is 98.1 g/mol. The van der Waals surface area contributed by atoms with Gasteiger partial charge in [-0.05, 0) is 13.0 Å². The van der Waals surface area contributed by atoms with Gasteiger partial charge in [-0.3, -0.25) is 0 Å². The van der Waals surface area contributed by atoms with Gasteiger partial charge in [0.05, 0.1) is 5.54 Å². The molecule has 0 spiro atoms. The Kier molecular flexibility index (Phi) is 1.22. The Balaban J connectivity index is 2.57. The maximum absolute atomic E-state index is 3.69. The van der Waals surface area contributed by atoms with Crippen molar-refractivity contribution in [2.24, 2.45) is 0 Å². The number of nitrogens with one attached hydrogen (secondary N) is 1. The maximum Gasteiger partial charge on any atom is 0.0557 e. The molecule has 0 aromatic carbocycles. The monoisotopic (exact) mass is 109 g/mol. The van der Waals surface area contributed by atoms with Crippen molar-refractivity contribution >= 4 is 0 Å². The summed E-state index contributed by atoms with van der Waals surface area (Å²) in [6.07, 6.45) is 4.97. The van der Waals surface area contributed by atoms with Crippen LogP contribution in [0.15, 0.2) is 25.3 Å². The molecule has 0 amide bonds. The molecule has 0 radical (unpaired) electrons. The summed E-state index contributed by atoms with van der Waals surface area (Å²) in [7, 11) is 0. The van der Waals surface area contributed by atoms with Crippen LogP contribution in [0.5, 0.6) is 0 Å². The smallest absolute Gasteiger partial charge is 0.0557 e. The lowest BCUT2D eigenvalue weighted by Gasteiger charge is -2.37. The molecule has 1 saturated heterocycles. The molecule has 0 atom stereocenters. The minimum Gasteiger partial charge on any atom is -0.305 e. The van der Waals surface area contributed by atoms with E-state index in [1.807, 2.05) is 12.2 Å². The summed E-state index contributed by atoms with van der Waals surface area (Å²) >= 11 is 0. The van der Waals surface area contributed by atoms with E-state index in [4.69, 9.17) is 0 Å². The second kappa shape index (κ2) is 1.75. The molecule has 1 nitrogen and oxygen atoms in total. The van der Waals surface area contributed by atoms with Gasteiger partial charge in [-0.1, -0.05) is 12.2 Å².